The number of hydrogen-bond donors (Lipinski definition) is 2. The highest BCUT2D eigenvalue weighted by Gasteiger charge is 2.36. The molecule has 1 fully saturated rings. The van der Waals surface area contributed by atoms with Gasteiger partial charge >= 0.3 is 6.09 Å². The molecule has 4 rings (SSSR count). The molecule has 3 aromatic rings. The molecule has 0 radical (unpaired) electrons. The van der Waals surface area contributed by atoms with Crippen LogP contribution in [0.25, 0.3) is 10.9 Å². The summed E-state index contributed by atoms with van der Waals surface area (Å²) in [5.41, 5.74) is 1.42. The van der Waals surface area contributed by atoms with E-state index in [4.69, 9.17) is 9.47 Å². The number of nitrogens with one attached hydrogen (secondary N) is 2. The molecule has 170 valence electrons. The van der Waals surface area contributed by atoms with Crippen LogP contribution in [0.4, 0.5) is 10.5 Å². The first-order valence-corrected chi connectivity index (χ1v) is 10.8. The van der Waals surface area contributed by atoms with E-state index in [9.17, 15) is 14.9 Å². The molecule has 2 N–H and O–H groups in total. The van der Waals surface area contributed by atoms with Gasteiger partial charge in [-0.25, -0.2) is 4.79 Å². The van der Waals surface area contributed by atoms with Crippen molar-refractivity contribution >= 4 is 28.6 Å². The van der Waals surface area contributed by atoms with Crippen LogP contribution in [0.5, 0.6) is 11.5 Å². The van der Waals surface area contributed by atoms with Gasteiger partial charge in [-0.05, 0) is 76.1 Å². The van der Waals surface area contributed by atoms with Crippen LogP contribution in [-0.2, 0) is 9.53 Å². The third-order valence-corrected chi connectivity index (χ3v) is 5.31. The lowest BCUT2D eigenvalue weighted by molar-refractivity contribution is -0.120. The number of carbonyl (C=O) groups excluding carboxylic acids is 2. The first kappa shape index (κ1) is 22.2. The van der Waals surface area contributed by atoms with E-state index in [1.54, 1.807) is 51.2 Å². The Morgan fingerprint density at radius 1 is 1.15 bits per heavy atom. The minimum atomic E-state index is -0.613. The van der Waals surface area contributed by atoms with E-state index in [2.05, 4.69) is 16.4 Å². The molecule has 2 heterocycles. The molecule has 8 nitrogen and oxygen atoms in total. The van der Waals surface area contributed by atoms with Crippen LogP contribution in [0.3, 0.4) is 0 Å². The van der Waals surface area contributed by atoms with Crippen molar-refractivity contribution < 1.29 is 19.1 Å². The number of H-pyrrole nitrogens is 1. The lowest BCUT2D eigenvalue weighted by atomic mass is 10.2. The van der Waals surface area contributed by atoms with E-state index in [0.29, 0.717) is 35.7 Å². The molecular weight excluding hydrogens is 420 g/mol. The van der Waals surface area contributed by atoms with Crippen LogP contribution < -0.4 is 10.1 Å². The summed E-state index contributed by atoms with van der Waals surface area (Å²) >= 11 is 0. The van der Waals surface area contributed by atoms with Gasteiger partial charge in [0.1, 0.15) is 29.2 Å². The number of anilines is 1. The Bertz CT molecular complexity index is 1220. The molecule has 8 heteroatoms. The Hall–Kier alpha value is -3.99. The maximum Gasteiger partial charge on any atom is 0.410 e. The van der Waals surface area contributed by atoms with Crippen LogP contribution in [-0.4, -0.2) is 40.1 Å². The number of fused-ring (bicyclic) bond motifs is 1. The van der Waals surface area contributed by atoms with Crippen LogP contribution in [0.1, 0.15) is 39.2 Å². The minimum Gasteiger partial charge on any atom is -0.457 e. The van der Waals surface area contributed by atoms with Crippen molar-refractivity contribution in [2.75, 3.05) is 11.9 Å². The summed E-state index contributed by atoms with van der Waals surface area (Å²) < 4.78 is 11.3. The molecule has 1 aliphatic heterocycles. The second-order valence-electron chi connectivity index (χ2n) is 8.97. The van der Waals surface area contributed by atoms with Gasteiger partial charge in [-0.15, -0.1) is 0 Å². The molecule has 0 unspecified atom stereocenters. The quantitative estimate of drug-likeness (QED) is 0.575. The largest absolute Gasteiger partial charge is 0.457 e. The molecule has 0 spiro atoms. The van der Waals surface area contributed by atoms with Gasteiger partial charge < -0.3 is 19.8 Å². The fourth-order valence-electron chi connectivity index (χ4n) is 3.80. The molecule has 1 saturated heterocycles. The number of likely N-dealkylation sites (tertiary alicyclic amines) is 1. The normalized spacial score (nSPS) is 15.8. The van der Waals surface area contributed by atoms with Crippen molar-refractivity contribution in [3.05, 3.63) is 54.2 Å². The molecule has 33 heavy (non-hydrogen) atoms. The molecule has 2 amide bonds. The van der Waals surface area contributed by atoms with Gasteiger partial charge in [-0.1, -0.05) is 0 Å². The molecule has 0 saturated carbocycles. The van der Waals surface area contributed by atoms with Crippen molar-refractivity contribution in [2.24, 2.45) is 0 Å². The fourth-order valence-corrected chi connectivity index (χ4v) is 3.80. The number of benzene rings is 2. The Labute approximate surface area is 192 Å². The van der Waals surface area contributed by atoms with E-state index in [0.717, 1.165) is 17.3 Å². The van der Waals surface area contributed by atoms with Crippen LogP contribution in [0, 0.1) is 11.3 Å². The van der Waals surface area contributed by atoms with Gasteiger partial charge in [0.25, 0.3) is 0 Å². The maximum atomic E-state index is 12.8. The van der Waals surface area contributed by atoms with Crippen LogP contribution in [0.2, 0.25) is 0 Å². The van der Waals surface area contributed by atoms with E-state index in [-0.39, 0.29) is 5.91 Å². The van der Waals surface area contributed by atoms with Gasteiger partial charge in [-0.2, -0.15) is 5.26 Å². The number of ether oxygens (including phenoxy) is 2. The molecule has 0 bridgehead atoms. The predicted molar refractivity (Wildman–Crippen MR) is 124 cm³/mol. The zero-order valence-corrected chi connectivity index (χ0v) is 18.8. The highest BCUT2D eigenvalue weighted by atomic mass is 16.6. The number of rotatable bonds is 4. The first-order chi connectivity index (χ1) is 15.7. The van der Waals surface area contributed by atoms with Crippen molar-refractivity contribution in [2.45, 2.75) is 45.3 Å². The van der Waals surface area contributed by atoms with Crippen molar-refractivity contribution in [1.82, 2.24) is 9.88 Å². The summed E-state index contributed by atoms with van der Waals surface area (Å²) in [5, 5.41) is 12.9. The topological polar surface area (TPSA) is 107 Å². The number of hydrogen-bond acceptors (Lipinski definition) is 5. The van der Waals surface area contributed by atoms with E-state index in [1.165, 1.54) is 4.90 Å². The molecule has 1 aromatic heterocycles. The minimum absolute atomic E-state index is 0.242. The summed E-state index contributed by atoms with van der Waals surface area (Å²) in [6.45, 7) is 5.91. The standard InChI is InChI=1S/C25H26N4O4/c1-25(2,3)33-24(31)29-12-4-5-22(29)23(30)28-17-6-8-18(9-7-17)32-19-10-11-21-20(13-19)16(14-26)15-27-21/h6-11,13,15,22,27H,4-5,12H2,1-3H3,(H,28,30)/t22-/m0/s1. The third-order valence-electron chi connectivity index (χ3n) is 5.31. The van der Waals surface area contributed by atoms with Gasteiger partial charge in [0.15, 0.2) is 0 Å². The van der Waals surface area contributed by atoms with Crippen molar-refractivity contribution in [1.29, 1.82) is 5.26 Å². The maximum absolute atomic E-state index is 12.8. The number of aromatic amines is 1. The van der Waals surface area contributed by atoms with E-state index < -0.39 is 17.7 Å². The van der Waals surface area contributed by atoms with E-state index >= 15 is 0 Å². The molecule has 0 aliphatic carbocycles. The zero-order valence-electron chi connectivity index (χ0n) is 18.8. The number of carbonyl (C=O) groups is 2. The number of nitrogens with zero attached hydrogens (tertiary/aromatic N) is 2. The molecule has 2 aromatic carbocycles. The third kappa shape index (κ3) is 5.09. The van der Waals surface area contributed by atoms with Crippen LogP contribution in [0.15, 0.2) is 48.7 Å². The van der Waals surface area contributed by atoms with Crippen LogP contribution >= 0.6 is 0 Å². The second kappa shape index (κ2) is 8.87. The number of amides is 2. The van der Waals surface area contributed by atoms with Gasteiger partial charge in [0.05, 0.1) is 5.56 Å². The predicted octanol–water partition coefficient (Wildman–Crippen LogP) is 5.17. The van der Waals surface area contributed by atoms with Gasteiger partial charge in [-0.3, -0.25) is 9.69 Å². The summed E-state index contributed by atoms with van der Waals surface area (Å²) in [7, 11) is 0. The average Bonchev–Trinajstić information content (AvgIpc) is 3.41. The molecular formula is C25H26N4O4. The molecule has 1 aliphatic rings. The molecule has 1 atom stereocenters. The Balaban J connectivity index is 1.40. The number of aromatic nitrogens is 1. The monoisotopic (exact) mass is 446 g/mol. The number of nitriles is 1. The second-order valence-corrected chi connectivity index (χ2v) is 8.97. The lowest BCUT2D eigenvalue weighted by Crippen LogP contribution is -2.45. The summed E-state index contributed by atoms with van der Waals surface area (Å²) in [4.78, 5) is 29.8. The van der Waals surface area contributed by atoms with E-state index in [1.807, 2.05) is 18.2 Å². The smallest absolute Gasteiger partial charge is 0.410 e. The SMILES string of the molecule is CC(C)(C)OC(=O)N1CCC[C@H]1C(=O)Nc1ccc(Oc2ccc3[nH]cc(C#N)c3c2)cc1. The Kier molecular flexibility index (Phi) is 5.97. The zero-order chi connectivity index (χ0) is 23.6. The first-order valence-electron chi connectivity index (χ1n) is 10.8. The van der Waals surface area contributed by atoms with Crippen molar-refractivity contribution in [3.8, 4) is 17.6 Å². The summed E-state index contributed by atoms with van der Waals surface area (Å²) in [6.07, 6.45) is 2.55. The van der Waals surface area contributed by atoms with Gasteiger partial charge in [0, 0.05) is 29.3 Å². The van der Waals surface area contributed by atoms with Crippen molar-refractivity contribution in [3.63, 3.8) is 0 Å². The highest BCUT2D eigenvalue weighted by molar-refractivity contribution is 5.97. The highest BCUT2D eigenvalue weighted by Crippen LogP contribution is 2.28. The summed E-state index contributed by atoms with van der Waals surface area (Å²) in [6, 6.07) is 14.1. The average molecular weight is 447 g/mol. The van der Waals surface area contributed by atoms with Gasteiger partial charge in [0.2, 0.25) is 5.91 Å². The lowest BCUT2D eigenvalue weighted by Gasteiger charge is -2.28. The Morgan fingerprint density at radius 3 is 2.58 bits per heavy atom. The summed E-state index contributed by atoms with van der Waals surface area (Å²) in [5.74, 6) is 0.959. The fraction of sp³-hybridized carbons (Fsp3) is 0.320. The Morgan fingerprint density at radius 2 is 1.88 bits per heavy atom.